The quantitative estimate of drug-likeness (QED) is 0.879. The summed E-state index contributed by atoms with van der Waals surface area (Å²) in [6, 6.07) is 10.1. The summed E-state index contributed by atoms with van der Waals surface area (Å²) in [5.74, 6) is 0. The molecule has 0 bridgehead atoms. The summed E-state index contributed by atoms with van der Waals surface area (Å²) >= 11 is 7.45. The number of aliphatic hydroxyl groups is 1. The van der Waals surface area contributed by atoms with E-state index in [2.05, 4.69) is 19.9 Å². The van der Waals surface area contributed by atoms with Gasteiger partial charge in [-0.1, -0.05) is 40.9 Å². The maximum atomic E-state index is 10.7. The molecule has 1 unspecified atom stereocenters. The number of thiophene rings is 1. The molecule has 18 heavy (non-hydrogen) atoms. The summed E-state index contributed by atoms with van der Waals surface area (Å²) in [7, 11) is 0. The molecule has 0 aliphatic heterocycles. The van der Waals surface area contributed by atoms with E-state index in [1.54, 1.807) is 0 Å². The van der Waals surface area contributed by atoms with Gasteiger partial charge < -0.3 is 5.11 Å². The van der Waals surface area contributed by atoms with E-state index in [0.29, 0.717) is 6.42 Å². The third-order valence-electron chi connectivity index (χ3n) is 2.99. The molecule has 0 spiro atoms. The van der Waals surface area contributed by atoms with Crippen LogP contribution in [0.25, 0.3) is 0 Å². The standard InChI is InChI=1S/C15H17ClOS/c1-10-6-11(2)8-12(7-10)15(3,17)9-13-4-5-14(16)18-13/h4-8,17H,9H2,1-3H3. The normalized spacial score (nSPS) is 14.5. The highest BCUT2D eigenvalue weighted by Gasteiger charge is 2.24. The molecule has 0 fully saturated rings. The van der Waals surface area contributed by atoms with Crippen LogP contribution in [0.15, 0.2) is 30.3 Å². The summed E-state index contributed by atoms with van der Waals surface area (Å²) in [5, 5.41) is 10.7. The Labute approximate surface area is 117 Å². The maximum Gasteiger partial charge on any atom is 0.0931 e. The molecule has 0 aliphatic rings. The molecule has 0 saturated carbocycles. The topological polar surface area (TPSA) is 20.2 Å². The predicted molar refractivity (Wildman–Crippen MR) is 78.5 cm³/mol. The van der Waals surface area contributed by atoms with Gasteiger partial charge in [0.05, 0.1) is 9.94 Å². The molecule has 2 aromatic rings. The molecule has 1 N–H and O–H groups in total. The first-order valence-corrected chi connectivity index (χ1v) is 7.12. The lowest BCUT2D eigenvalue weighted by Gasteiger charge is -2.24. The molecule has 2 rings (SSSR count). The molecule has 1 aromatic heterocycles. The highest BCUT2D eigenvalue weighted by molar-refractivity contribution is 7.16. The largest absolute Gasteiger partial charge is 0.385 e. The van der Waals surface area contributed by atoms with Gasteiger partial charge in [-0.05, 0) is 38.5 Å². The lowest BCUT2D eigenvalue weighted by Crippen LogP contribution is -2.24. The van der Waals surface area contributed by atoms with E-state index >= 15 is 0 Å². The van der Waals surface area contributed by atoms with Crippen LogP contribution in [0.3, 0.4) is 0 Å². The van der Waals surface area contributed by atoms with Gasteiger partial charge in [-0.25, -0.2) is 0 Å². The molecule has 0 radical (unpaired) electrons. The second-order valence-corrected chi connectivity index (χ2v) is 6.83. The number of rotatable bonds is 3. The van der Waals surface area contributed by atoms with Gasteiger partial charge in [0.2, 0.25) is 0 Å². The van der Waals surface area contributed by atoms with Crippen molar-refractivity contribution in [2.75, 3.05) is 0 Å². The van der Waals surface area contributed by atoms with Gasteiger partial charge in [-0.3, -0.25) is 0 Å². The smallest absolute Gasteiger partial charge is 0.0931 e. The van der Waals surface area contributed by atoms with Gasteiger partial charge in [-0.15, -0.1) is 11.3 Å². The molecule has 3 heteroatoms. The Bertz CT molecular complexity index is 537. The highest BCUT2D eigenvalue weighted by atomic mass is 35.5. The van der Waals surface area contributed by atoms with Crippen molar-refractivity contribution < 1.29 is 5.11 Å². The van der Waals surface area contributed by atoms with Crippen LogP contribution in [-0.4, -0.2) is 5.11 Å². The van der Waals surface area contributed by atoms with Gasteiger partial charge in [0.15, 0.2) is 0 Å². The Morgan fingerprint density at radius 3 is 2.28 bits per heavy atom. The Morgan fingerprint density at radius 2 is 1.78 bits per heavy atom. The number of hydrogen-bond donors (Lipinski definition) is 1. The van der Waals surface area contributed by atoms with Gasteiger partial charge in [-0.2, -0.15) is 0 Å². The van der Waals surface area contributed by atoms with Crippen LogP contribution in [0, 0.1) is 13.8 Å². The fourth-order valence-corrected chi connectivity index (χ4v) is 3.41. The van der Waals surface area contributed by atoms with Crippen LogP contribution in [0.2, 0.25) is 4.34 Å². The zero-order valence-electron chi connectivity index (χ0n) is 10.8. The number of hydrogen-bond acceptors (Lipinski definition) is 2. The van der Waals surface area contributed by atoms with Crippen molar-refractivity contribution in [2.24, 2.45) is 0 Å². The van der Waals surface area contributed by atoms with Crippen LogP contribution in [0.1, 0.15) is 28.5 Å². The molecule has 1 nitrogen and oxygen atoms in total. The van der Waals surface area contributed by atoms with Crippen molar-refractivity contribution in [1.82, 2.24) is 0 Å². The minimum absolute atomic E-state index is 0.591. The van der Waals surface area contributed by atoms with Crippen molar-refractivity contribution in [1.29, 1.82) is 0 Å². The Hall–Kier alpha value is -0.830. The fourth-order valence-electron chi connectivity index (χ4n) is 2.17. The third kappa shape index (κ3) is 3.14. The average molecular weight is 281 g/mol. The lowest BCUT2D eigenvalue weighted by atomic mass is 9.89. The predicted octanol–water partition coefficient (Wildman–Crippen LogP) is 4.47. The molecular weight excluding hydrogens is 264 g/mol. The van der Waals surface area contributed by atoms with Gasteiger partial charge in [0.25, 0.3) is 0 Å². The molecule has 0 aliphatic carbocycles. The van der Waals surface area contributed by atoms with Crippen LogP contribution in [-0.2, 0) is 12.0 Å². The van der Waals surface area contributed by atoms with Crippen molar-refractivity contribution in [3.05, 3.63) is 56.2 Å². The zero-order chi connectivity index (χ0) is 13.3. The van der Waals surface area contributed by atoms with Gasteiger partial charge in [0.1, 0.15) is 0 Å². The van der Waals surface area contributed by atoms with E-state index in [-0.39, 0.29) is 0 Å². The molecule has 1 heterocycles. The molecule has 0 amide bonds. The summed E-state index contributed by atoms with van der Waals surface area (Å²) < 4.78 is 0.765. The third-order valence-corrected chi connectivity index (χ3v) is 4.22. The zero-order valence-corrected chi connectivity index (χ0v) is 12.4. The summed E-state index contributed by atoms with van der Waals surface area (Å²) in [6.45, 7) is 5.96. The Morgan fingerprint density at radius 1 is 1.17 bits per heavy atom. The van der Waals surface area contributed by atoms with Crippen LogP contribution < -0.4 is 0 Å². The lowest BCUT2D eigenvalue weighted by molar-refractivity contribution is 0.0583. The minimum atomic E-state index is -0.856. The summed E-state index contributed by atoms with van der Waals surface area (Å²) in [4.78, 5) is 1.10. The Kier molecular flexibility index (Phi) is 3.81. The monoisotopic (exact) mass is 280 g/mol. The maximum absolute atomic E-state index is 10.7. The first-order valence-electron chi connectivity index (χ1n) is 5.92. The van der Waals surface area contributed by atoms with Crippen molar-refractivity contribution in [3.8, 4) is 0 Å². The first kappa shape index (κ1) is 13.6. The highest BCUT2D eigenvalue weighted by Crippen LogP contribution is 2.31. The van der Waals surface area contributed by atoms with Crippen LogP contribution >= 0.6 is 22.9 Å². The van der Waals surface area contributed by atoms with Crippen molar-refractivity contribution in [3.63, 3.8) is 0 Å². The van der Waals surface area contributed by atoms with Crippen LogP contribution in [0.4, 0.5) is 0 Å². The first-order chi connectivity index (χ1) is 8.37. The van der Waals surface area contributed by atoms with E-state index in [4.69, 9.17) is 11.6 Å². The molecule has 1 atom stereocenters. The molecule has 1 aromatic carbocycles. The van der Waals surface area contributed by atoms with E-state index in [1.807, 2.05) is 31.2 Å². The number of halogens is 1. The van der Waals surface area contributed by atoms with Gasteiger partial charge in [0, 0.05) is 11.3 Å². The molecule has 0 saturated heterocycles. The SMILES string of the molecule is Cc1cc(C)cc(C(C)(O)Cc2ccc(Cl)s2)c1. The van der Waals surface area contributed by atoms with Crippen molar-refractivity contribution in [2.45, 2.75) is 32.8 Å². The van der Waals surface area contributed by atoms with E-state index in [0.717, 1.165) is 14.8 Å². The number of benzene rings is 1. The molecular formula is C15H17ClOS. The van der Waals surface area contributed by atoms with Crippen LogP contribution in [0.5, 0.6) is 0 Å². The molecule has 96 valence electrons. The summed E-state index contributed by atoms with van der Waals surface area (Å²) in [5.41, 5.74) is 2.46. The van der Waals surface area contributed by atoms with E-state index in [9.17, 15) is 5.11 Å². The van der Waals surface area contributed by atoms with E-state index in [1.165, 1.54) is 22.5 Å². The summed E-state index contributed by atoms with van der Waals surface area (Å²) in [6.07, 6.45) is 0.591. The van der Waals surface area contributed by atoms with Crippen molar-refractivity contribution >= 4 is 22.9 Å². The minimum Gasteiger partial charge on any atom is -0.385 e. The number of aryl methyl sites for hydroxylation is 2. The second kappa shape index (κ2) is 5.04. The second-order valence-electron chi connectivity index (χ2n) is 5.03. The van der Waals surface area contributed by atoms with Gasteiger partial charge >= 0.3 is 0 Å². The fraction of sp³-hybridized carbons (Fsp3) is 0.333. The average Bonchev–Trinajstić information content (AvgIpc) is 2.61. The Balaban J connectivity index is 2.29. The van der Waals surface area contributed by atoms with E-state index < -0.39 is 5.60 Å².